The van der Waals surface area contributed by atoms with Crippen LogP contribution < -0.4 is 37.2 Å². The molecule has 4 fully saturated rings. The Labute approximate surface area is 683 Å². The SMILES string of the molecule is C=C(C)CC(CCC)C(=O)NC(C)(C)C.CCCC(C(=O)NC(C)(C)C)C(C)(C)C.CCCC(CC(C)(C)C)C(=O)NC(C)(C)C.CCCC(CC1CC1)C(=O)NC(C)(C)C.CCCC(CC1CC1C)C(=O)NC(C)(C)C.CCCC(CC1CCC1)C(=O)NC(C)(C)C.CCCC(CC1CCCC1)C(=O)NC(C)(C)C. The van der Waals surface area contributed by atoms with Crippen molar-refractivity contribution in [3.05, 3.63) is 12.2 Å². The molecule has 4 aliphatic rings. The van der Waals surface area contributed by atoms with E-state index in [2.05, 4.69) is 182 Å². The van der Waals surface area contributed by atoms with Crippen LogP contribution >= 0.6 is 0 Å². The summed E-state index contributed by atoms with van der Waals surface area (Å²) in [5.74, 6) is 7.07. The number of carbonyl (C=O) groups is 7. The van der Waals surface area contributed by atoms with Crippen molar-refractivity contribution in [2.45, 2.75) is 481 Å². The number of rotatable bonds is 32. The van der Waals surface area contributed by atoms with E-state index >= 15 is 0 Å². The molecule has 0 saturated heterocycles. The number of allylic oxidation sites excluding steroid dienone is 1. The fraction of sp³-hybridized carbons (Fsp3) is 0.906. The number of carbonyl (C=O) groups excluding carboxylic acids is 7. The molecule has 110 heavy (non-hydrogen) atoms. The lowest BCUT2D eigenvalue weighted by Gasteiger charge is -2.32. The van der Waals surface area contributed by atoms with Gasteiger partial charge in [0, 0.05) is 80.2 Å². The van der Waals surface area contributed by atoms with Crippen molar-refractivity contribution in [2.24, 2.45) is 81.8 Å². The van der Waals surface area contributed by atoms with Gasteiger partial charge in [-0.15, -0.1) is 6.58 Å². The Morgan fingerprint density at radius 3 is 0.764 bits per heavy atom. The Balaban J connectivity index is -0.00000121. The molecule has 9 unspecified atom stereocenters. The van der Waals surface area contributed by atoms with Gasteiger partial charge in [-0.3, -0.25) is 33.6 Å². The van der Waals surface area contributed by atoms with Crippen molar-refractivity contribution >= 4 is 41.4 Å². The van der Waals surface area contributed by atoms with Gasteiger partial charge in [-0.05, 0) is 283 Å². The van der Waals surface area contributed by atoms with Gasteiger partial charge in [0.15, 0.2) is 0 Å². The summed E-state index contributed by atoms with van der Waals surface area (Å²) in [4.78, 5) is 84.6. The van der Waals surface area contributed by atoms with Gasteiger partial charge in [0.05, 0.1) is 0 Å². The van der Waals surface area contributed by atoms with Gasteiger partial charge in [0.25, 0.3) is 0 Å². The Morgan fingerprint density at radius 1 is 0.318 bits per heavy atom. The molecule has 4 saturated carbocycles. The van der Waals surface area contributed by atoms with Gasteiger partial charge in [-0.2, -0.15) is 0 Å². The molecule has 0 spiro atoms. The zero-order valence-electron chi connectivity index (χ0n) is 79.7. The highest BCUT2D eigenvalue weighted by molar-refractivity contribution is 5.82. The highest BCUT2D eigenvalue weighted by Crippen LogP contribution is 2.44. The first kappa shape index (κ1) is 110. The third-order valence-electron chi connectivity index (χ3n) is 20.0. The van der Waals surface area contributed by atoms with Crippen LogP contribution in [0.3, 0.4) is 0 Å². The maximum Gasteiger partial charge on any atom is 0.224 e. The van der Waals surface area contributed by atoms with Crippen LogP contribution in [-0.2, 0) is 33.6 Å². The van der Waals surface area contributed by atoms with Crippen LogP contribution in [-0.4, -0.2) is 80.1 Å². The number of nitrogens with one attached hydrogen (secondary N) is 7. The van der Waals surface area contributed by atoms with Crippen molar-refractivity contribution in [1.29, 1.82) is 0 Å². The predicted octanol–water partition coefficient (Wildman–Crippen LogP) is 24.3. The third-order valence-corrected chi connectivity index (χ3v) is 20.0. The van der Waals surface area contributed by atoms with Crippen LogP contribution in [0, 0.1) is 81.8 Å². The van der Waals surface area contributed by atoms with E-state index < -0.39 is 0 Å². The highest BCUT2D eigenvalue weighted by atomic mass is 16.2. The maximum absolute atomic E-state index is 12.2. The van der Waals surface area contributed by atoms with E-state index in [1.165, 1.54) is 64.2 Å². The summed E-state index contributed by atoms with van der Waals surface area (Å²) in [5, 5.41) is 21.7. The zero-order valence-corrected chi connectivity index (χ0v) is 79.7. The average molecular weight is 1550 g/mol. The zero-order chi connectivity index (χ0) is 86.2. The van der Waals surface area contributed by atoms with Crippen LogP contribution in [0.1, 0.15) is 442 Å². The molecule has 14 nitrogen and oxygen atoms in total. The number of amides is 7. The van der Waals surface area contributed by atoms with E-state index in [1.54, 1.807) is 0 Å². The number of hydrogen-bond acceptors (Lipinski definition) is 7. The van der Waals surface area contributed by atoms with Gasteiger partial charge in [-0.1, -0.05) is 205 Å². The fourth-order valence-electron chi connectivity index (χ4n) is 14.5. The van der Waals surface area contributed by atoms with Crippen LogP contribution in [0.5, 0.6) is 0 Å². The summed E-state index contributed by atoms with van der Waals surface area (Å²) in [7, 11) is 0. The molecular weight excluding hydrogens is 1360 g/mol. The Morgan fingerprint density at radius 2 is 0.545 bits per heavy atom. The molecule has 0 aromatic heterocycles. The first-order valence-corrected chi connectivity index (χ1v) is 44.9. The van der Waals surface area contributed by atoms with Crippen molar-refractivity contribution in [2.75, 3.05) is 0 Å². The van der Waals surface area contributed by atoms with Gasteiger partial charge in [0.1, 0.15) is 0 Å². The molecule has 14 heteroatoms. The average Bonchev–Trinajstić information content (AvgIpc) is 1.60. The first-order chi connectivity index (χ1) is 50.0. The van der Waals surface area contributed by atoms with Crippen molar-refractivity contribution in [1.82, 2.24) is 37.2 Å². The second kappa shape index (κ2) is 52.6. The van der Waals surface area contributed by atoms with Gasteiger partial charge in [-0.25, -0.2) is 0 Å². The summed E-state index contributed by atoms with van der Waals surface area (Å²) in [6.07, 6.45) is 34.2. The van der Waals surface area contributed by atoms with Crippen LogP contribution in [0.4, 0.5) is 0 Å². The van der Waals surface area contributed by atoms with E-state index in [-0.39, 0.29) is 132 Å². The summed E-state index contributed by atoms with van der Waals surface area (Å²) in [6, 6.07) is 0. The van der Waals surface area contributed by atoms with E-state index in [0.717, 1.165) is 164 Å². The lowest BCUT2D eigenvalue weighted by Crippen LogP contribution is -2.46. The van der Waals surface area contributed by atoms with Crippen LogP contribution in [0.25, 0.3) is 0 Å². The fourth-order valence-corrected chi connectivity index (χ4v) is 14.5. The second-order valence-electron chi connectivity index (χ2n) is 44.0. The topological polar surface area (TPSA) is 204 Å². The minimum atomic E-state index is -0.141. The highest BCUT2D eigenvalue weighted by Gasteiger charge is 2.38. The van der Waals surface area contributed by atoms with Gasteiger partial charge < -0.3 is 37.2 Å². The molecular formula is C96H189N7O7. The standard InChI is InChI=1S/C15H29NO.2C14H27NO.C14H29NO.C13H25NO.C13H27NO.C13H25NO/c1-5-8-13(11-12-9-6-7-10-12)14(17)16-15(2,3)4;1-6-7-11(9-12-8-10(12)2)13(16)15-14(3,4)5;1-5-7-12(10-11-8-6-9-11)13(16)15-14(2,3)4;1-8-9-11(10-13(2,3)4)12(16)15-14(5,6)7;1-5-6-11(9-10-7-8-10)12(15)14-13(2,3)4;1-8-9-10(12(2,3)4)11(15)14-13(5,6)7;1-7-8-11(9-10(2)3)12(15)14-13(4,5)6/h12-13H,5-11H2,1-4H3,(H,16,17);10-12H,6-9H2,1-5H3,(H,15,16);11-12H,5-10H2,1-4H3,(H,15,16);11H,8-10H2,1-7H3,(H,15,16);10-11H,5-9H2,1-4H3,(H,14,15);10H,8-9H2,1-7H3,(H,14,15);11H,2,7-9H2,1,3-6H3,(H,14,15). The molecule has 0 radical (unpaired) electrons. The molecule has 650 valence electrons. The predicted molar refractivity (Wildman–Crippen MR) is 475 cm³/mol. The maximum atomic E-state index is 12.2. The largest absolute Gasteiger partial charge is 0.351 e. The molecule has 0 heterocycles. The summed E-state index contributed by atoms with van der Waals surface area (Å²) in [6.45, 7) is 79.0. The molecule has 7 amide bonds. The minimum absolute atomic E-state index is 0.0470. The molecule has 7 N–H and O–H groups in total. The monoisotopic (exact) mass is 1550 g/mol. The second-order valence-corrected chi connectivity index (χ2v) is 44.0. The number of hydrogen-bond donors (Lipinski definition) is 7. The van der Waals surface area contributed by atoms with E-state index in [0.29, 0.717) is 0 Å². The smallest absolute Gasteiger partial charge is 0.224 e. The van der Waals surface area contributed by atoms with Gasteiger partial charge in [0.2, 0.25) is 41.4 Å². The Bertz CT molecular complexity index is 2510. The molecule has 9 atom stereocenters. The molecule has 0 aromatic carbocycles. The first-order valence-electron chi connectivity index (χ1n) is 44.9. The molecule has 0 aromatic rings. The van der Waals surface area contributed by atoms with Crippen molar-refractivity contribution in [3.8, 4) is 0 Å². The van der Waals surface area contributed by atoms with Crippen LogP contribution in [0.15, 0.2) is 12.2 Å². The summed E-state index contributed by atoms with van der Waals surface area (Å²) >= 11 is 0. The van der Waals surface area contributed by atoms with E-state index in [4.69, 9.17) is 0 Å². The summed E-state index contributed by atoms with van der Waals surface area (Å²) < 4.78 is 0. The van der Waals surface area contributed by atoms with Crippen molar-refractivity contribution < 1.29 is 33.6 Å². The lowest BCUT2D eigenvalue weighted by atomic mass is 9.77. The van der Waals surface area contributed by atoms with E-state index in [9.17, 15) is 33.6 Å². The molecule has 0 bridgehead atoms. The lowest BCUT2D eigenvalue weighted by molar-refractivity contribution is -0.130. The third kappa shape index (κ3) is 62.4. The molecule has 4 rings (SSSR count). The molecule has 0 aliphatic heterocycles. The minimum Gasteiger partial charge on any atom is -0.351 e. The van der Waals surface area contributed by atoms with Crippen LogP contribution in [0.2, 0.25) is 0 Å². The quantitative estimate of drug-likeness (QED) is 0.0324. The van der Waals surface area contributed by atoms with E-state index in [1.807, 2.05) is 111 Å². The molecule has 4 aliphatic carbocycles. The Hall–Kier alpha value is -3.97. The Kier molecular flexibility index (Phi) is 52.7. The summed E-state index contributed by atoms with van der Waals surface area (Å²) in [5.41, 5.74) is 0.567. The normalized spacial score (nSPS) is 18.1. The van der Waals surface area contributed by atoms with Crippen molar-refractivity contribution in [3.63, 3.8) is 0 Å². The van der Waals surface area contributed by atoms with Gasteiger partial charge >= 0.3 is 0 Å².